The summed E-state index contributed by atoms with van der Waals surface area (Å²) in [6.07, 6.45) is -2.96. The predicted octanol–water partition coefficient (Wildman–Crippen LogP) is 0.710. The van der Waals surface area contributed by atoms with Gasteiger partial charge in [-0.3, -0.25) is 9.13 Å². The van der Waals surface area contributed by atoms with Crippen LogP contribution in [0.3, 0.4) is 0 Å². The molecule has 1 aromatic carbocycles. The van der Waals surface area contributed by atoms with Crippen LogP contribution in [0.4, 0.5) is 8.78 Å². The van der Waals surface area contributed by atoms with E-state index in [1.165, 1.54) is 34.4 Å². The van der Waals surface area contributed by atoms with Crippen molar-refractivity contribution in [1.29, 1.82) is 0 Å². The highest BCUT2D eigenvalue weighted by molar-refractivity contribution is 7.91. The number of benzene rings is 1. The molecule has 1 aromatic heterocycles. The number of alkyl halides is 2. The average molecular weight is 437 g/mol. The third-order valence-corrected chi connectivity index (χ3v) is 8.73. The van der Waals surface area contributed by atoms with Crippen molar-refractivity contribution in [2.45, 2.75) is 30.2 Å². The Morgan fingerprint density at radius 1 is 1.14 bits per heavy atom. The Kier molecular flexibility index (Phi) is 5.40. The molecule has 2 heterocycles. The minimum absolute atomic E-state index is 0.0274. The molecule has 1 saturated heterocycles. The van der Waals surface area contributed by atoms with Crippen LogP contribution in [0.25, 0.3) is 11.0 Å². The number of sulfone groups is 1. The van der Waals surface area contributed by atoms with E-state index in [-0.39, 0.29) is 34.9 Å². The second-order valence-electron chi connectivity index (χ2n) is 6.90. The van der Waals surface area contributed by atoms with Gasteiger partial charge in [0, 0.05) is 20.1 Å². The van der Waals surface area contributed by atoms with Gasteiger partial charge in [0.2, 0.25) is 10.0 Å². The summed E-state index contributed by atoms with van der Waals surface area (Å²) in [5.74, 6) is -0.474. The van der Waals surface area contributed by atoms with Crippen LogP contribution in [0.1, 0.15) is 12.8 Å². The Hall–Kier alpha value is -1.79. The fourth-order valence-corrected chi connectivity index (χ4v) is 6.68. The summed E-state index contributed by atoms with van der Waals surface area (Å²) in [6.45, 7) is -1.02. The Morgan fingerprint density at radius 3 is 2.29 bits per heavy atom. The summed E-state index contributed by atoms with van der Waals surface area (Å²) >= 11 is 0. The van der Waals surface area contributed by atoms with E-state index in [1.807, 2.05) is 0 Å². The first kappa shape index (κ1) is 20.9. The average Bonchev–Trinajstić information content (AvgIpc) is 2.84. The molecule has 0 atom stereocenters. The molecule has 0 unspecified atom stereocenters. The second-order valence-corrected chi connectivity index (χ2v) is 11.1. The molecule has 0 spiro atoms. The van der Waals surface area contributed by atoms with E-state index >= 15 is 0 Å². The van der Waals surface area contributed by atoms with Crippen LogP contribution in [-0.4, -0.2) is 60.8 Å². The Bertz CT molecular complexity index is 1150. The zero-order valence-corrected chi connectivity index (χ0v) is 17.0. The third kappa shape index (κ3) is 3.72. The molecular formula is C16H21F2N3O5S2. The number of nitrogens with zero attached hydrogens (tertiary/aromatic N) is 3. The van der Waals surface area contributed by atoms with Crippen LogP contribution in [0.2, 0.25) is 0 Å². The number of rotatable bonds is 5. The smallest absolute Gasteiger partial charge is 0.295 e. The maximum atomic E-state index is 13.1. The van der Waals surface area contributed by atoms with E-state index in [2.05, 4.69) is 0 Å². The highest BCUT2D eigenvalue weighted by Crippen LogP contribution is 2.27. The summed E-state index contributed by atoms with van der Waals surface area (Å²) in [6, 6.07) is 3.19. The zero-order valence-electron chi connectivity index (χ0n) is 15.4. The summed E-state index contributed by atoms with van der Waals surface area (Å²) < 4.78 is 79.1. The molecule has 1 aliphatic rings. The van der Waals surface area contributed by atoms with Crippen molar-refractivity contribution < 1.29 is 25.6 Å². The minimum Gasteiger partial charge on any atom is -0.295 e. The van der Waals surface area contributed by atoms with Gasteiger partial charge in [0.25, 0.3) is 6.43 Å². The standard InChI is InChI=1S/C16H21F2N3O5S2/c1-19-13-4-3-12(9-14(13)20(2)16(19)22)28(25,26)21(10-15(17)18)11-5-7-27(23,24)8-6-11/h3-4,9,11,15H,5-8,10H2,1-2H3. The lowest BCUT2D eigenvalue weighted by Crippen LogP contribution is -2.46. The highest BCUT2D eigenvalue weighted by Gasteiger charge is 2.37. The number of halogens is 2. The van der Waals surface area contributed by atoms with Crippen LogP contribution < -0.4 is 5.69 Å². The molecule has 12 heteroatoms. The molecule has 1 aliphatic heterocycles. The maximum Gasteiger partial charge on any atom is 0.328 e. The SMILES string of the molecule is Cn1c(=O)n(C)c2cc(S(=O)(=O)N(CC(F)F)C3CCS(=O)(=O)CC3)ccc21. The molecule has 28 heavy (non-hydrogen) atoms. The summed E-state index contributed by atoms with van der Waals surface area (Å²) in [5, 5.41) is 0. The Balaban J connectivity index is 2.05. The van der Waals surface area contributed by atoms with Gasteiger partial charge in [0.15, 0.2) is 0 Å². The zero-order chi connectivity index (χ0) is 20.9. The molecule has 0 amide bonds. The van der Waals surface area contributed by atoms with Gasteiger partial charge in [-0.25, -0.2) is 30.4 Å². The van der Waals surface area contributed by atoms with Crippen molar-refractivity contribution >= 4 is 30.9 Å². The highest BCUT2D eigenvalue weighted by atomic mass is 32.2. The van der Waals surface area contributed by atoms with Gasteiger partial charge in [-0.2, -0.15) is 4.31 Å². The van der Waals surface area contributed by atoms with Crippen molar-refractivity contribution in [2.24, 2.45) is 14.1 Å². The van der Waals surface area contributed by atoms with Crippen molar-refractivity contribution in [3.05, 3.63) is 28.7 Å². The van der Waals surface area contributed by atoms with E-state index in [0.29, 0.717) is 15.3 Å². The van der Waals surface area contributed by atoms with Gasteiger partial charge in [-0.15, -0.1) is 0 Å². The van der Waals surface area contributed by atoms with E-state index in [9.17, 15) is 30.4 Å². The van der Waals surface area contributed by atoms with E-state index in [0.717, 1.165) is 0 Å². The number of fused-ring (bicyclic) bond motifs is 1. The Labute approximate surface area is 161 Å². The first-order chi connectivity index (χ1) is 12.9. The number of imidazole rings is 1. The number of hydrogen-bond acceptors (Lipinski definition) is 5. The molecular weight excluding hydrogens is 416 g/mol. The quantitative estimate of drug-likeness (QED) is 0.686. The molecule has 0 saturated carbocycles. The molecule has 3 rings (SSSR count). The lowest BCUT2D eigenvalue weighted by Gasteiger charge is -2.33. The lowest BCUT2D eigenvalue weighted by molar-refractivity contribution is 0.104. The van der Waals surface area contributed by atoms with Crippen molar-refractivity contribution in [3.63, 3.8) is 0 Å². The van der Waals surface area contributed by atoms with Crippen molar-refractivity contribution in [3.8, 4) is 0 Å². The molecule has 0 aliphatic carbocycles. The van der Waals surface area contributed by atoms with Crippen LogP contribution in [0, 0.1) is 0 Å². The van der Waals surface area contributed by atoms with Gasteiger partial charge in [-0.1, -0.05) is 0 Å². The van der Waals surface area contributed by atoms with Gasteiger partial charge in [-0.05, 0) is 31.0 Å². The molecule has 0 radical (unpaired) electrons. The molecule has 8 nitrogen and oxygen atoms in total. The van der Waals surface area contributed by atoms with Crippen LogP contribution in [-0.2, 0) is 34.0 Å². The fraction of sp³-hybridized carbons (Fsp3) is 0.562. The molecule has 2 aromatic rings. The fourth-order valence-electron chi connectivity index (χ4n) is 3.53. The van der Waals surface area contributed by atoms with E-state index in [4.69, 9.17) is 0 Å². The van der Waals surface area contributed by atoms with Crippen LogP contribution >= 0.6 is 0 Å². The van der Waals surface area contributed by atoms with Gasteiger partial charge >= 0.3 is 5.69 Å². The number of aryl methyl sites for hydroxylation is 2. The van der Waals surface area contributed by atoms with Crippen LogP contribution in [0.5, 0.6) is 0 Å². The maximum absolute atomic E-state index is 13.1. The summed E-state index contributed by atoms with van der Waals surface area (Å²) in [5.41, 5.74) is 0.527. The lowest BCUT2D eigenvalue weighted by atomic mass is 10.1. The number of hydrogen-bond donors (Lipinski definition) is 0. The van der Waals surface area contributed by atoms with E-state index in [1.54, 1.807) is 7.05 Å². The number of sulfonamides is 1. The van der Waals surface area contributed by atoms with E-state index < -0.39 is 38.9 Å². The van der Waals surface area contributed by atoms with Gasteiger partial charge in [0.1, 0.15) is 9.84 Å². The van der Waals surface area contributed by atoms with Gasteiger partial charge in [0.05, 0.1) is 34.0 Å². The van der Waals surface area contributed by atoms with Gasteiger partial charge < -0.3 is 0 Å². The molecule has 0 bridgehead atoms. The number of aromatic nitrogens is 2. The second kappa shape index (κ2) is 7.23. The van der Waals surface area contributed by atoms with Crippen LogP contribution in [0.15, 0.2) is 27.9 Å². The molecule has 0 N–H and O–H groups in total. The molecule has 1 fully saturated rings. The topological polar surface area (TPSA) is 98.4 Å². The molecule has 156 valence electrons. The summed E-state index contributed by atoms with van der Waals surface area (Å²) in [4.78, 5) is 11.8. The monoisotopic (exact) mass is 437 g/mol. The van der Waals surface area contributed by atoms with Crippen molar-refractivity contribution in [2.75, 3.05) is 18.1 Å². The van der Waals surface area contributed by atoms with Crippen molar-refractivity contribution in [1.82, 2.24) is 13.4 Å². The predicted molar refractivity (Wildman–Crippen MR) is 99.7 cm³/mol. The normalized spacial score (nSPS) is 18.4. The summed E-state index contributed by atoms with van der Waals surface area (Å²) in [7, 11) is -4.55. The first-order valence-electron chi connectivity index (χ1n) is 8.60. The first-order valence-corrected chi connectivity index (χ1v) is 11.9. The largest absolute Gasteiger partial charge is 0.328 e. The Morgan fingerprint density at radius 2 is 1.71 bits per heavy atom. The minimum atomic E-state index is -4.31. The third-order valence-electron chi connectivity index (χ3n) is 5.10.